The smallest absolute Gasteiger partial charge is 0.0992 e. The topological polar surface area (TPSA) is 35.8 Å². The summed E-state index contributed by atoms with van der Waals surface area (Å²) in [6.07, 6.45) is 1.09. The molecule has 0 aliphatic rings. The number of nitrogens with zero attached hydrogens (tertiary/aromatic N) is 1. The van der Waals surface area contributed by atoms with Crippen LogP contribution in [-0.2, 0) is 0 Å². The fourth-order valence-electron chi connectivity index (χ4n) is 1.23. The third-order valence-corrected chi connectivity index (χ3v) is 2.46. The van der Waals surface area contributed by atoms with E-state index in [1.54, 1.807) is 18.2 Å². The minimum atomic E-state index is 0.631. The first-order valence-electron chi connectivity index (χ1n) is 5.07. The minimum absolute atomic E-state index is 0.631. The van der Waals surface area contributed by atoms with Crippen LogP contribution in [-0.4, -0.2) is 6.54 Å². The van der Waals surface area contributed by atoms with Crippen LogP contribution in [0.1, 0.15) is 25.8 Å². The van der Waals surface area contributed by atoms with E-state index in [-0.39, 0.29) is 0 Å². The van der Waals surface area contributed by atoms with Gasteiger partial charge in [-0.3, -0.25) is 0 Å². The number of halogens is 1. The molecule has 0 saturated carbocycles. The lowest BCUT2D eigenvalue weighted by Gasteiger charge is -2.09. The molecule has 0 atom stereocenters. The predicted molar refractivity (Wildman–Crippen MR) is 64.1 cm³/mol. The molecule has 0 amide bonds. The van der Waals surface area contributed by atoms with Gasteiger partial charge in [0.1, 0.15) is 0 Å². The number of anilines is 1. The van der Waals surface area contributed by atoms with Gasteiger partial charge in [0.25, 0.3) is 0 Å². The van der Waals surface area contributed by atoms with E-state index < -0.39 is 0 Å². The summed E-state index contributed by atoms with van der Waals surface area (Å²) in [4.78, 5) is 0. The van der Waals surface area contributed by atoms with Gasteiger partial charge in [-0.25, -0.2) is 0 Å². The van der Waals surface area contributed by atoms with Gasteiger partial charge in [0.05, 0.1) is 22.3 Å². The molecular formula is C12H15ClN2. The predicted octanol–water partition coefficient (Wildman–Crippen LogP) is 3.67. The van der Waals surface area contributed by atoms with Crippen LogP contribution in [0.4, 0.5) is 5.69 Å². The second-order valence-corrected chi connectivity index (χ2v) is 4.32. The third-order valence-electron chi connectivity index (χ3n) is 2.13. The van der Waals surface area contributed by atoms with Crippen molar-refractivity contribution in [2.45, 2.75) is 20.3 Å². The van der Waals surface area contributed by atoms with Gasteiger partial charge in [-0.15, -0.1) is 0 Å². The van der Waals surface area contributed by atoms with Crippen LogP contribution in [0.15, 0.2) is 18.2 Å². The van der Waals surface area contributed by atoms with Gasteiger partial charge in [-0.2, -0.15) is 5.26 Å². The first kappa shape index (κ1) is 11.9. The molecule has 0 heterocycles. The van der Waals surface area contributed by atoms with Crippen molar-refractivity contribution in [3.05, 3.63) is 28.8 Å². The van der Waals surface area contributed by atoms with Crippen LogP contribution < -0.4 is 5.32 Å². The molecule has 2 nitrogen and oxygen atoms in total. The van der Waals surface area contributed by atoms with Crippen LogP contribution in [0.25, 0.3) is 0 Å². The standard InChI is InChI=1S/C12H15ClN2/c1-9(2)5-6-15-12-7-10(8-14)3-4-11(12)13/h3-4,7,9,15H,5-6H2,1-2H3. The summed E-state index contributed by atoms with van der Waals surface area (Å²) in [7, 11) is 0. The third kappa shape index (κ3) is 3.81. The average Bonchev–Trinajstić information content (AvgIpc) is 2.20. The summed E-state index contributed by atoms with van der Waals surface area (Å²) in [5.74, 6) is 0.662. The maximum absolute atomic E-state index is 8.75. The fraction of sp³-hybridized carbons (Fsp3) is 0.417. The monoisotopic (exact) mass is 222 g/mol. The molecule has 0 radical (unpaired) electrons. The number of hydrogen-bond donors (Lipinski definition) is 1. The number of nitriles is 1. The van der Waals surface area contributed by atoms with Crippen molar-refractivity contribution in [3.8, 4) is 6.07 Å². The van der Waals surface area contributed by atoms with Gasteiger partial charge in [-0.1, -0.05) is 25.4 Å². The van der Waals surface area contributed by atoms with E-state index in [1.165, 1.54) is 0 Å². The Kier molecular flexibility index (Phi) is 4.45. The molecule has 1 aromatic rings. The molecule has 0 spiro atoms. The molecule has 15 heavy (non-hydrogen) atoms. The minimum Gasteiger partial charge on any atom is -0.384 e. The summed E-state index contributed by atoms with van der Waals surface area (Å²) in [5.41, 5.74) is 1.47. The zero-order valence-electron chi connectivity index (χ0n) is 9.05. The molecule has 1 aromatic carbocycles. The number of nitrogens with one attached hydrogen (secondary N) is 1. The molecule has 0 unspecified atom stereocenters. The lowest BCUT2D eigenvalue weighted by molar-refractivity contribution is 0.607. The summed E-state index contributed by atoms with van der Waals surface area (Å²) >= 11 is 6.00. The van der Waals surface area contributed by atoms with Gasteiger partial charge in [-0.05, 0) is 30.5 Å². The SMILES string of the molecule is CC(C)CCNc1cc(C#N)ccc1Cl. The van der Waals surface area contributed by atoms with Gasteiger partial charge in [0, 0.05) is 6.54 Å². The van der Waals surface area contributed by atoms with E-state index >= 15 is 0 Å². The van der Waals surface area contributed by atoms with Gasteiger partial charge in [0.15, 0.2) is 0 Å². The highest BCUT2D eigenvalue weighted by Crippen LogP contribution is 2.22. The summed E-state index contributed by atoms with van der Waals surface area (Å²) in [5, 5.41) is 12.6. The molecule has 1 rings (SSSR count). The van der Waals surface area contributed by atoms with E-state index in [0.29, 0.717) is 16.5 Å². The first-order chi connectivity index (χ1) is 7.13. The Balaban J connectivity index is 2.64. The van der Waals surface area contributed by atoms with Crippen molar-refractivity contribution in [2.75, 3.05) is 11.9 Å². The molecule has 0 aliphatic heterocycles. The second-order valence-electron chi connectivity index (χ2n) is 3.92. The molecule has 0 aromatic heterocycles. The highest BCUT2D eigenvalue weighted by molar-refractivity contribution is 6.33. The van der Waals surface area contributed by atoms with Crippen LogP contribution >= 0.6 is 11.6 Å². The Hall–Kier alpha value is -1.20. The Morgan fingerprint density at radius 2 is 2.20 bits per heavy atom. The van der Waals surface area contributed by atoms with E-state index in [4.69, 9.17) is 16.9 Å². The average molecular weight is 223 g/mol. The number of rotatable bonds is 4. The summed E-state index contributed by atoms with van der Waals surface area (Å²) in [6, 6.07) is 7.34. The Morgan fingerprint density at radius 3 is 2.80 bits per heavy atom. The van der Waals surface area contributed by atoms with Crippen LogP contribution in [0.2, 0.25) is 5.02 Å². The molecule has 1 N–H and O–H groups in total. The molecule has 0 bridgehead atoms. The largest absolute Gasteiger partial charge is 0.384 e. The van der Waals surface area contributed by atoms with E-state index in [0.717, 1.165) is 18.7 Å². The van der Waals surface area contributed by atoms with Crippen molar-refractivity contribution in [1.82, 2.24) is 0 Å². The maximum Gasteiger partial charge on any atom is 0.0992 e. The normalized spacial score (nSPS) is 10.1. The second kappa shape index (κ2) is 5.63. The lowest BCUT2D eigenvalue weighted by Crippen LogP contribution is -2.05. The summed E-state index contributed by atoms with van der Waals surface area (Å²) < 4.78 is 0. The molecule has 0 aliphatic carbocycles. The van der Waals surface area contributed by atoms with Gasteiger partial charge >= 0.3 is 0 Å². The maximum atomic E-state index is 8.75. The van der Waals surface area contributed by atoms with Crippen molar-refractivity contribution in [1.29, 1.82) is 5.26 Å². The Bertz CT molecular complexity index is 366. The van der Waals surface area contributed by atoms with Crippen molar-refractivity contribution >= 4 is 17.3 Å². The van der Waals surface area contributed by atoms with Crippen LogP contribution in [0.3, 0.4) is 0 Å². The highest BCUT2D eigenvalue weighted by atomic mass is 35.5. The quantitative estimate of drug-likeness (QED) is 0.844. The Labute approximate surface area is 95.9 Å². The Morgan fingerprint density at radius 1 is 1.47 bits per heavy atom. The van der Waals surface area contributed by atoms with Gasteiger partial charge < -0.3 is 5.32 Å². The highest BCUT2D eigenvalue weighted by Gasteiger charge is 2.01. The zero-order chi connectivity index (χ0) is 11.3. The fourth-order valence-corrected chi connectivity index (χ4v) is 1.41. The zero-order valence-corrected chi connectivity index (χ0v) is 9.80. The molecule has 0 fully saturated rings. The molecule has 3 heteroatoms. The van der Waals surface area contributed by atoms with Crippen LogP contribution in [0.5, 0.6) is 0 Å². The van der Waals surface area contributed by atoms with Crippen molar-refractivity contribution in [2.24, 2.45) is 5.92 Å². The van der Waals surface area contributed by atoms with E-state index in [2.05, 4.69) is 25.2 Å². The molecule has 80 valence electrons. The molecular weight excluding hydrogens is 208 g/mol. The first-order valence-corrected chi connectivity index (χ1v) is 5.45. The summed E-state index contributed by atoms with van der Waals surface area (Å²) in [6.45, 7) is 5.23. The van der Waals surface area contributed by atoms with Crippen molar-refractivity contribution < 1.29 is 0 Å². The molecule has 0 saturated heterocycles. The van der Waals surface area contributed by atoms with Crippen molar-refractivity contribution in [3.63, 3.8) is 0 Å². The van der Waals surface area contributed by atoms with E-state index in [9.17, 15) is 0 Å². The number of benzene rings is 1. The number of hydrogen-bond acceptors (Lipinski definition) is 2. The van der Waals surface area contributed by atoms with Crippen LogP contribution in [0, 0.1) is 17.2 Å². The lowest BCUT2D eigenvalue weighted by atomic mass is 10.1. The van der Waals surface area contributed by atoms with Gasteiger partial charge in [0.2, 0.25) is 0 Å². The van der Waals surface area contributed by atoms with E-state index in [1.807, 2.05) is 0 Å².